The van der Waals surface area contributed by atoms with Gasteiger partial charge >= 0.3 is 0 Å². The zero-order chi connectivity index (χ0) is 18.9. The third kappa shape index (κ3) is 3.43. The largest absolute Gasteiger partial charge is 0.256 e. The second kappa shape index (κ2) is 6.13. The number of nitrogens with zero attached hydrogens (tertiary/aromatic N) is 1. The minimum absolute atomic E-state index is 0.346. The maximum atomic E-state index is 8.01. The van der Waals surface area contributed by atoms with E-state index in [4.69, 9.17) is 4.11 Å². The van der Waals surface area contributed by atoms with Crippen LogP contribution in [0.1, 0.15) is 9.68 Å². The molecule has 0 unspecified atom stereocenters. The molecule has 0 aliphatic carbocycles. The van der Waals surface area contributed by atoms with Crippen molar-refractivity contribution in [1.29, 1.82) is 0 Å². The summed E-state index contributed by atoms with van der Waals surface area (Å²) in [6.45, 7) is 4.66. The van der Waals surface area contributed by atoms with Crippen molar-refractivity contribution >= 4 is 13.3 Å². The minimum Gasteiger partial charge on any atom is -0.256 e. The Bertz CT molecular complexity index is 913. The van der Waals surface area contributed by atoms with Crippen molar-refractivity contribution < 1.29 is 4.11 Å². The van der Waals surface area contributed by atoms with Crippen molar-refractivity contribution in [1.82, 2.24) is 4.98 Å². The number of aromatic nitrogens is 1. The van der Waals surface area contributed by atoms with Crippen LogP contribution in [-0.2, 0) is 0 Å². The summed E-state index contributed by atoms with van der Waals surface area (Å²) >= 11 is 0. The fraction of sp³-hybridized carbons (Fsp3) is 0.190. The summed E-state index contributed by atoms with van der Waals surface area (Å²) in [6.07, 6.45) is 1.70. The molecule has 0 bridgehead atoms. The van der Waals surface area contributed by atoms with E-state index in [1.54, 1.807) is 12.3 Å². The van der Waals surface area contributed by atoms with E-state index < -0.39 is 14.9 Å². The Morgan fingerprint density at radius 1 is 0.870 bits per heavy atom. The van der Waals surface area contributed by atoms with Gasteiger partial charge in [-0.2, -0.15) is 0 Å². The number of aryl methyl sites for hydroxylation is 1. The number of benzene rings is 2. The first-order chi connectivity index (χ1) is 12.2. The summed E-state index contributed by atoms with van der Waals surface area (Å²) in [4.78, 5) is 4.55. The fourth-order valence-electron chi connectivity index (χ4n) is 2.61. The Kier molecular flexibility index (Phi) is 3.27. The van der Waals surface area contributed by atoms with Crippen LogP contribution in [0.4, 0.5) is 0 Å². The molecule has 0 spiro atoms. The molecular formula is C21H23NSi. The quantitative estimate of drug-likeness (QED) is 0.599. The average molecular weight is 321 g/mol. The van der Waals surface area contributed by atoms with Crippen molar-refractivity contribution in [2.45, 2.75) is 26.5 Å². The van der Waals surface area contributed by atoms with Gasteiger partial charge in [-0.05, 0) is 24.0 Å². The van der Waals surface area contributed by atoms with Crippen molar-refractivity contribution in [3.63, 3.8) is 0 Å². The highest BCUT2D eigenvalue weighted by atomic mass is 28.3. The SMILES string of the molecule is [2H]C([2H])([2H])c1cc(-c2ccccc2)ncc1-c1cccc([Si](C)(C)C)c1. The topological polar surface area (TPSA) is 12.9 Å². The van der Waals surface area contributed by atoms with Crippen LogP contribution >= 0.6 is 0 Å². The third-order valence-electron chi connectivity index (χ3n) is 4.01. The molecule has 3 aromatic rings. The van der Waals surface area contributed by atoms with Gasteiger partial charge in [-0.15, -0.1) is 0 Å². The Balaban J connectivity index is 2.16. The van der Waals surface area contributed by atoms with Crippen molar-refractivity contribution in [3.8, 4) is 22.4 Å². The molecule has 1 heterocycles. The maximum Gasteiger partial charge on any atom is 0.0776 e. The second-order valence-corrected chi connectivity index (χ2v) is 11.9. The van der Waals surface area contributed by atoms with Crippen LogP contribution in [0.2, 0.25) is 19.6 Å². The number of hydrogen-bond acceptors (Lipinski definition) is 1. The van der Waals surface area contributed by atoms with Crippen LogP contribution < -0.4 is 5.19 Å². The standard InChI is InChI=1S/C21H23NSi/c1-16-13-21(17-9-6-5-7-10-17)22-15-20(16)18-11-8-12-19(14-18)23(2,3)4/h5-15H,1-4H3/i1D3. The molecule has 0 N–H and O–H groups in total. The summed E-state index contributed by atoms with van der Waals surface area (Å²) in [6, 6.07) is 19.6. The molecule has 0 atom stereocenters. The Labute approximate surface area is 144 Å². The van der Waals surface area contributed by atoms with Gasteiger partial charge in [-0.3, -0.25) is 4.98 Å². The molecule has 0 fully saturated rings. The van der Waals surface area contributed by atoms with Crippen molar-refractivity contribution in [2.24, 2.45) is 0 Å². The molecule has 0 aliphatic rings. The van der Waals surface area contributed by atoms with Gasteiger partial charge in [-0.1, -0.05) is 79.4 Å². The summed E-state index contributed by atoms with van der Waals surface area (Å²) in [5, 5.41) is 1.30. The molecule has 1 aromatic heterocycles. The minimum atomic E-state index is -2.20. The van der Waals surface area contributed by atoms with E-state index in [-0.39, 0.29) is 0 Å². The lowest BCUT2D eigenvalue weighted by Crippen LogP contribution is -2.37. The van der Waals surface area contributed by atoms with E-state index in [2.05, 4.69) is 36.8 Å². The van der Waals surface area contributed by atoms with Gasteiger partial charge in [0.25, 0.3) is 0 Å². The molecule has 0 aliphatic heterocycles. The van der Waals surface area contributed by atoms with Gasteiger partial charge in [0.2, 0.25) is 0 Å². The molecular weight excluding hydrogens is 294 g/mol. The van der Waals surface area contributed by atoms with E-state index in [1.807, 2.05) is 42.5 Å². The highest BCUT2D eigenvalue weighted by molar-refractivity contribution is 6.88. The van der Waals surface area contributed by atoms with E-state index in [9.17, 15) is 0 Å². The zero-order valence-electron chi connectivity index (χ0n) is 16.8. The molecule has 0 radical (unpaired) electrons. The molecule has 2 aromatic carbocycles. The fourth-order valence-corrected chi connectivity index (χ4v) is 3.79. The molecule has 116 valence electrons. The van der Waals surface area contributed by atoms with E-state index >= 15 is 0 Å². The number of rotatable bonds is 3. The summed E-state index contributed by atoms with van der Waals surface area (Å²) < 4.78 is 24.0. The summed E-state index contributed by atoms with van der Waals surface area (Å²) in [5.41, 5.74) is 3.55. The maximum absolute atomic E-state index is 8.01. The van der Waals surface area contributed by atoms with Crippen LogP contribution in [0.25, 0.3) is 22.4 Å². The van der Waals surface area contributed by atoms with Crippen molar-refractivity contribution in [3.05, 3.63) is 72.4 Å². The molecule has 0 amide bonds. The third-order valence-corrected chi connectivity index (χ3v) is 6.06. The molecule has 0 saturated heterocycles. The predicted octanol–water partition coefficient (Wildman–Crippen LogP) is 5.27. The molecule has 1 nitrogen and oxygen atoms in total. The number of pyridine rings is 1. The monoisotopic (exact) mass is 320 g/mol. The lowest BCUT2D eigenvalue weighted by Gasteiger charge is -2.18. The first kappa shape index (κ1) is 12.3. The van der Waals surface area contributed by atoms with Gasteiger partial charge in [0, 0.05) is 21.4 Å². The molecule has 0 saturated carbocycles. The smallest absolute Gasteiger partial charge is 0.0776 e. The van der Waals surface area contributed by atoms with E-state index in [1.165, 1.54) is 5.19 Å². The van der Waals surface area contributed by atoms with Gasteiger partial charge < -0.3 is 0 Å². The van der Waals surface area contributed by atoms with Crippen LogP contribution in [0, 0.1) is 6.85 Å². The van der Waals surface area contributed by atoms with Gasteiger partial charge in [-0.25, -0.2) is 0 Å². The van der Waals surface area contributed by atoms with Crippen LogP contribution in [0.5, 0.6) is 0 Å². The highest BCUT2D eigenvalue weighted by Crippen LogP contribution is 2.26. The highest BCUT2D eigenvalue weighted by Gasteiger charge is 2.17. The lowest BCUT2D eigenvalue weighted by molar-refractivity contribution is 1.29. The average Bonchev–Trinajstić information content (AvgIpc) is 2.61. The van der Waals surface area contributed by atoms with Gasteiger partial charge in [0.1, 0.15) is 0 Å². The first-order valence-electron chi connectivity index (χ1n) is 9.33. The predicted molar refractivity (Wildman–Crippen MR) is 103 cm³/mol. The number of hydrogen-bond donors (Lipinski definition) is 0. The van der Waals surface area contributed by atoms with E-state index in [0.717, 1.165) is 11.1 Å². The van der Waals surface area contributed by atoms with Crippen LogP contribution in [0.3, 0.4) is 0 Å². The first-order valence-corrected chi connectivity index (χ1v) is 11.3. The summed E-state index contributed by atoms with van der Waals surface area (Å²) in [7, 11) is -1.49. The van der Waals surface area contributed by atoms with Crippen LogP contribution in [-0.4, -0.2) is 13.1 Å². The Hall–Kier alpha value is -2.19. The Morgan fingerprint density at radius 3 is 2.30 bits per heavy atom. The molecule has 2 heteroatoms. The normalized spacial score (nSPS) is 14.0. The van der Waals surface area contributed by atoms with E-state index in [0.29, 0.717) is 16.8 Å². The van der Waals surface area contributed by atoms with Crippen LogP contribution in [0.15, 0.2) is 66.9 Å². The second-order valence-electron chi connectivity index (χ2n) is 6.81. The van der Waals surface area contributed by atoms with Gasteiger partial charge in [0.05, 0.1) is 13.8 Å². The Morgan fingerprint density at radius 2 is 1.61 bits per heavy atom. The molecule has 3 rings (SSSR count). The lowest BCUT2D eigenvalue weighted by atomic mass is 10.0. The zero-order valence-corrected chi connectivity index (χ0v) is 14.8. The summed E-state index contributed by atoms with van der Waals surface area (Å²) in [5.74, 6) is 0. The van der Waals surface area contributed by atoms with Gasteiger partial charge in [0.15, 0.2) is 0 Å². The molecule has 23 heavy (non-hydrogen) atoms. The van der Waals surface area contributed by atoms with Crippen molar-refractivity contribution in [2.75, 3.05) is 0 Å².